The average Bonchev–Trinajstić information content (AvgIpc) is 3.11. The first-order valence-electron chi connectivity index (χ1n) is 8.08. The van der Waals surface area contributed by atoms with Crippen LogP contribution >= 0.6 is 0 Å². The van der Waals surface area contributed by atoms with Gasteiger partial charge in [0.05, 0.1) is 16.4 Å². The quantitative estimate of drug-likeness (QED) is 0.527. The van der Waals surface area contributed by atoms with Crippen molar-refractivity contribution in [2.24, 2.45) is 0 Å². The Morgan fingerprint density at radius 3 is 2.71 bits per heavy atom. The lowest BCUT2D eigenvalue weighted by atomic mass is 10.0. The SMILES string of the molecule is O=[N+]([O-])c1ccc(N2CCCC2c2ccccc2)c2ccncc12. The highest BCUT2D eigenvalue weighted by molar-refractivity contribution is 5.99. The number of hydrogen-bond donors (Lipinski definition) is 0. The van der Waals surface area contributed by atoms with Gasteiger partial charge in [-0.25, -0.2) is 0 Å². The lowest BCUT2D eigenvalue weighted by molar-refractivity contribution is -0.383. The summed E-state index contributed by atoms with van der Waals surface area (Å²) in [7, 11) is 0. The standard InChI is InChI=1S/C19H17N3O2/c23-22(24)19-9-8-18(15-10-11-20-13-16(15)19)21-12-4-7-17(21)14-5-2-1-3-6-14/h1-3,5-6,8-11,13,17H,4,7,12H2. The molecule has 3 aromatic rings. The maximum Gasteiger partial charge on any atom is 0.278 e. The van der Waals surface area contributed by atoms with Gasteiger partial charge in [-0.1, -0.05) is 30.3 Å². The molecule has 5 heteroatoms. The van der Waals surface area contributed by atoms with Crippen molar-refractivity contribution in [3.63, 3.8) is 0 Å². The summed E-state index contributed by atoms with van der Waals surface area (Å²) in [5.41, 5.74) is 2.44. The van der Waals surface area contributed by atoms with Crippen molar-refractivity contribution in [2.45, 2.75) is 18.9 Å². The lowest BCUT2D eigenvalue weighted by Gasteiger charge is -2.28. The molecule has 24 heavy (non-hydrogen) atoms. The highest BCUT2D eigenvalue weighted by Gasteiger charge is 2.28. The molecule has 4 rings (SSSR count). The van der Waals surface area contributed by atoms with Crippen LogP contribution in [0.5, 0.6) is 0 Å². The van der Waals surface area contributed by atoms with Crippen LogP contribution in [0.3, 0.4) is 0 Å². The summed E-state index contributed by atoms with van der Waals surface area (Å²) in [6.45, 7) is 0.953. The smallest absolute Gasteiger partial charge is 0.278 e. The van der Waals surface area contributed by atoms with Crippen molar-refractivity contribution >= 4 is 22.1 Å². The van der Waals surface area contributed by atoms with Crippen molar-refractivity contribution in [1.82, 2.24) is 4.98 Å². The molecule has 0 radical (unpaired) electrons. The lowest BCUT2D eigenvalue weighted by Crippen LogP contribution is -2.22. The Morgan fingerprint density at radius 1 is 1.08 bits per heavy atom. The molecule has 0 N–H and O–H groups in total. The second kappa shape index (κ2) is 5.92. The van der Waals surface area contributed by atoms with E-state index in [1.165, 1.54) is 5.56 Å². The van der Waals surface area contributed by atoms with Gasteiger partial charge in [0.2, 0.25) is 0 Å². The number of non-ortho nitro benzene ring substituents is 1. The van der Waals surface area contributed by atoms with Gasteiger partial charge in [-0.2, -0.15) is 0 Å². The van der Waals surface area contributed by atoms with E-state index in [1.807, 2.05) is 18.2 Å². The van der Waals surface area contributed by atoms with E-state index in [9.17, 15) is 10.1 Å². The number of nitrogens with zero attached hydrogens (tertiary/aromatic N) is 3. The number of pyridine rings is 1. The topological polar surface area (TPSA) is 59.3 Å². The molecular formula is C19H17N3O2. The fraction of sp³-hybridized carbons (Fsp3) is 0.211. The van der Waals surface area contributed by atoms with Crippen LogP contribution in [0.2, 0.25) is 0 Å². The monoisotopic (exact) mass is 319 g/mol. The number of fused-ring (bicyclic) bond motifs is 1. The molecule has 120 valence electrons. The minimum Gasteiger partial charge on any atom is -0.364 e. The Morgan fingerprint density at radius 2 is 1.92 bits per heavy atom. The normalized spacial score (nSPS) is 17.3. The van der Waals surface area contributed by atoms with Crippen LogP contribution in [0.1, 0.15) is 24.4 Å². The number of rotatable bonds is 3. The predicted molar refractivity (Wildman–Crippen MR) is 94.2 cm³/mol. The Bertz CT molecular complexity index is 896. The molecule has 0 bridgehead atoms. The van der Waals surface area contributed by atoms with Gasteiger partial charge in [-0.3, -0.25) is 15.1 Å². The maximum absolute atomic E-state index is 11.3. The molecule has 0 amide bonds. The zero-order valence-electron chi connectivity index (χ0n) is 13.1. The van der Waals surface area contributed by atoms with Crippen molar-refractivity contribution in [2.75, 3.05) is 11.4 Å². The van der Waals surface area contributed by atoms with Crippen LogP contribution in [-0.2, 0) is 0 Å². The molecule has 1 fully saturated rings. The minimum atomic E-state index is -0.341. The third kappa shape index (κ3) is 2.38. The molecule has 1 atom stereocenters. The fourth-order valence-electron chi connectivity index (χ4n) is 3.65. The van der Waals surface area contributed by atoms with Crippen molar-refractivity contribution < 1.29 is 4.92 Å². The van der Waals surface area contributed by atoms with Gasteiger partial charge in [0.15, 0.2) is 0 Å². The molecule has 1 saturated heterocycles. The van der Waals surface area contributed by atoms with E-state index >= 15 is 0 Å². The van der Waals surface area contributed by atoms with Gasteiger partial charge < -0.3 is 4.90 Å². The third-order valence-electron chi connectivity index (χ3n) is 4.72. The Hall–Kier alpha value is -2.95. The highest BCUT2D eigenvalue weighted by Crippen LogP contribution is 2.41. The van der Waals surface area contributed by atoms with Crippen LogP contribution in [-0.4, -0.2) is 16.5 Å². The van der Waals surface area contributed by atoms with Crippen molar-refractivity contribution in [3.8, 4) is 0 Å². The van der Waals surface area contributed by atoms with Crippen LogP contribution in [0.4, 0.5) is 11.4 Å². The van der Waals surface area contributed by atoms with E-state index in [4.69, 9.17) is 0 Å². The molecule has 0 aliphatic carbocycles. The summed E-state index contributed by atoms with van der Waals surface area (Å²) in [5, 5.41) is 12.8. The molecule has 2 aromatic carbocycles. The minimum absolute atomic E-state index is 0.109. The third-order valence-corrected chi connectivity index (χ3v) is 4.72. The van der Waals surface area contributed by atoms with E-state index in [2.05, 4.69) is 34.1 Å². The molecule has 1 aromatic heterocycles. The first-order valence-corrected chi connectivity index (χ1v) is 8.08. The van der Waals surface area contributed by atoms with E-state index in [-0.39, 0.29) is 10.6 Å². The zero-order chi connectivity index (χ0) is 16.5. The molecule has 0 saturated carbocycles. The summed E-state index contributed by atoms with van der Waals surface area (Å²) in [4.78, 5) is 17.4. The molecule has 1 aliphatic rings. The number of hydrogen-bond acceptors (Lipinski definition) is 4. The summed E-state index contributed by atoms with van der Waals surface area (Å²) >= 11 is 0. The summed E-state index contributed by atoms with van der Waals surface area (Å²) in [6, 6.07) is 16.1. The molecule has 2 heterocycles. The molecule has 1 unspecified atom stereocenters. The second-order valence-electron chi connectivity index (χ2n) is 6.04. The van der Waals surface area contributed by atoms with Crippen molar-refractivity contribution in [1.29, 1.82) is 0 Å². The van der Waals surface area contributed by atoms with E-state index in [1.54, 1.807) is 18.5 Å². The molecule has 0 spiro atoms. The number of anilines is 1. The van der Waals surface area contributed by atoms with Gasteiger partial charge in [0.25, 0.3) is 5.69 Å². The number of nitro benzene ring substituents is 1. The summed E-state index contributed by atoms with van der Waals surface area (Å²) < 4.78 is 0. The van der Waals surface area contributed by atoms with Crippen LogP contribution in [0.25, 0.3) is 10.8 Å². The first-order chi connectivity index (χ1) is 11.8. The zero-order valence-corrected chi connectivity index (χ0v) is 13.1. The van der Waals surface area contributed by atoms with Gasteiger partial charge in [-0.05, 0) is 30.5 Å². The fourth-order valence-corrected chi connectivity index (χ4v) is 3.65. The van der Waals surface area contributed by atoms with E-state index < -0.39 is 0 Å². The van der Waals surface area contributed by atoms with Gasteiger partial charge >= 0.3 is 0 Å². The number of nitro groups is 1. The number of benzene rings is 2. The molecule has 5 nitrogen and oxygen atoms in total. The van der Waals surface area contributed by atoms with Gasteiger partial charge in [-0.15, -0.1) is 0 Å². The Kier molecular flexibility index (Phi) is 3.61. The average molecular weight is 319 g/mol. The molecular weight excluding hydrogens is 302 g/mol. The van der Waals surface area contributed by atoms with Gasteiger partial charge in [0.1, 0.15) is 0 Å². The van der Waals surface area contributed by atoms with Crippen LogP contribution in [0, 0.1) is 10.1 Å². The highest BCUT2D eigenvalue weighted by atomic mass is 16.6. The largest absolute Gasteiger partial charge is 0.364 e. The maximum atomic E-state index is 11.3. The van der Waals surface area contributed by atoms with E-state index in [0.717, 1.165) is 30.5 Å². The first kappa shape index (κ1) is 14.6. The predicted octanol–water partition coefficient (Wildman–Crippen LogP) is 4.48. The summed E-state index contributed by atoms with van der Waals surface area (Å²) in [6.07, 6.45) is 5.49. The summed E-state index contributed by atoms with van der Waals surface area (Å²) in [5.74, 6) is 0. The second-order valence-corrected chi connectivity index (χ2v) is 6.04. The number of aromatic nitrogens is 1. The Balaban J connectivity index is 1.85. The van der Waals surface area contributed by atoms with Crippen LogP contribution in [0.15, 0.2) is 60.9 Å². The molecule has 1 aliphatic heterocycles. The van der Waals surface area contributed by atoms with Crippen LogP contribution < -0.4 is 4.90 Å². The van der Waals surface area contributed by atoms with Crippen molar-refractivity contribution in [3.05, 3.63) is 76.6 Å². The van der Waals surface area contributed by atoms with E-state index in [0.29, 0.717) is 11.4 Å². The Labute approximate surface area is 139 Å². The van der Waals surface area contributed by atoms with Gasteiger partial charge in [0, 0.05) is 36.1 Å².